The minimum atomic E-state index is 0.00606. The molecule has 2 aromatic heterocycles. The van der Waals surface area contributed by atoms with Gasteiger partial charge in [-0.1, -0.05) is 6.07 Å². The third kappa shape index (κ3) is 3.43. The van der Waals surface area contributed by atoms with Crippen molar-refractivity contribution in [3.8, 4) is 0 Å². The van der Waals surface area contributed by atoms with Crippen molar-refractivity contribution in [2.24, 2.45) is 0 Å². The first-order valence-electron chi connectivity index (χ1n) is 7.98. The average Bonchev–Trinajstić information content (AvgIpc) is 3.22. The Bertz CT molecular complexity index is 803. The Labute approximate surface area is 143 Å². The van der Waals surface area contributed by atoms with Crippen molar-refractivity contribution >= 4 is 28.5 Å². The molecule has 0 spiro atoms. The van der Waals surface area contributed by atoms with Crippen LogP contribution in [-0.2, 0) is 16.1 Å². The number of ether oxygens (including phenoxy) is 2. The molecule has 1 N–H and O–H groups in total. The maximum atomic E-state index is 6.04. The normalized spacial score (nSPS) is 21.2. The van der Waals surface area contributed by atoms with Crippen LogP contribution >= 0.6 is 11.3 Å². The standard InChI is InChI=1S/C17H19N3O3S/c1-11-2-3-16-13(6-11)19-17(23-16)20-14-8-21-5-4-15(14)22-7-12-9-24-10-18-12/h2-3,6,9-10,14-15H,4-5,7-8H2,1H3,(H,19,20)/t14-,15+/m1/s1. The van der Waals surface area contributed by atoms with Gasteiger partial charge in [-0.15, -0.1) is 11.3 Å². The van der Waals surface area contributed by atoms with Crippen LogP contribution in [0.1, 0.15) is 17.7 Å². The van der Waals surface area contributed by atoms with Crippen molar-refractivity contribution < 1.29 is 13.9 Å². The fourth-order valence-corrected chi connectivity index (χ4v) is 3.35. The van der Waals surface area contributed by atoms with Gasteiger partial charge in [0.1, 0.15) is 5.52 Å². The number of anilines is 1. The van der Waals surface area contributed by atoms with Gasteiger partial charge in [-0.25, -0.2) is 4.98 Å². The molecular formula is C17H19N3O3S. The lowest BCUT2D eigenvalue weighted by molar-refractivity contribution is -0.0489. The van der Waals surface area contributed by atoms with E-state index >= 15 is 0 Å². The number of hydrogen-bond acceptors (Lipinski definition) is 7. The van der Waals surface area contributed by atoms with Gasteiger partial charge in [0.15, 0.2) is 5.58 Å². The molecule has 6 nitrogen and oxygen atoms in total. The first-order valence-corrected chi connectivity index (χ1v) is 8.92. The lowest BCUT2D eigenvalue weighted by Gasteiger charge is -2.31. The molecule has 3 aromatic rings. The lowest BCUT2D eigenvalue weighted by atomic mass is 10.1. The minimum absolute atomic E-state index is 0.00606. The van der Waals surface area contributed by atoms with Crippen molar-refractivity contribution in [2.45, 2.75) is 32.1 Å². The van der Waals surface area contributed by atoms with E-state index in [1.807, 2.05) is 36.0 Å². The zero-order valence-electron chi connectivity index (χ0n) is 13.4. The number of fused-ring (bicyclic) bond motifs is 1. The third-order valence-electron chi connectivity index (χ3n) is 4.07. The fourth-order valence-electron chi connectivity index (χ4n) is 2.81. The van der Waals surface area contributed by atoms with E-state index in [9.17, 15) is 0 Å². The Hall–Kier alpha value is -1.96. The van der Waals surface area contributed by atoms with Crippen LogP contribution in [0.5, 0.6) is 0 Å². The van der Waals surface area contributed by atoms with Gasteiger partial charge in [0.05, 0.1) is 36.6 Å². The highest BCUT2D eigenvalue weighted by atomic mass is 32.1. The van der Waals surface area contributed by atoms with Crippen molar-refractivity contribution in [3.05, 3.63) is 40.3 Å². The average molecular weight is 345 g/mol. The van der Waals surface area contributed by atoms with E-state index in [0.29, 0.717) is 25.8 Å². The predicted molar refractivity (Wildman–Crippen MR) is 92.3 cm³/mol. The number of aromatic nitrogens is 2. The first kappa shape index (κ1) is 15.6. The van der Waals surface area contributed by atoms with Crippen LogP contribution in [0, 0.1) is 6.92 Å². The highest BCUT2D eigenvalue weighted by Crippen LogP contribution is 2.23. The number of nitrogens with zero attached hydrogens (tertiary/aromatic N) is 2. The van der Waals surface area contributed by atoms with Crippen LogP contribution in [0.3, 0.4) is 0 Å². The van der Waals surface area contributed by atoms with Gasteiger partial charge < -0.3 is 19.2 Å². The van der Waals surface area contributed by atoms with E-state index in [0.717, 1.165) is 28.8 Å². The second-order valence-electron chi connectivity index (χ2n) is 5.93. The van der Waals surface area contributed by atoms with Gasteiger partial charge in [0, 0.05) is 12.0 Å². The Morgan fingerprint density at radius 2 is 2.38 bits per heavy atom. The summed E-state index contributed by atoms with van der Waals surface area (Å²) in [4.78, 5) is 8.77. The van der Waals surface area contributed by atoms with Crippen LogP contribution in [0.25, 0.3) is 11.1 Å². The van der Waals surface area contributed by atoms with Crippen LogP contribution in [0.2, 0.25) is 0 Å². The summed E-state index contributed by atoms with van der Waals surface area (Å²) in [5, 5.41) is 5.33. The van der Waals surface area contributed by atoms with Gasteiger partial charge in [-0.2, -0.15) is 4.98 Å². The Kier molecular flexibility index (Phi) is 4.46. The molecule has 1 aliphatic rings. The SMILES string of the molecule is Cc1ccc2oc(N[C@@H]3COCC[C@@H]3OCc3cscn3)nc2c1. The van der Waals surface area contributed by atoms with Crippen LogP contribution in [0.15, 0.2) is 33.5 Å². The molecule has 4 rings (SSSR count). The molecule has 1 aliphatic heterocycles. The Morgan fingerprint density at radius 3 is 3.25 bits per heavy atom. The topological polar surface area (TPSA) is 69.4 Å². The third-order valence-corrected chi connectivity index (χ3v) is 4.71. The summed E-state index contributed by atoms with van der Waals surface area (Å²) in [6, 6.07) is 6.48. The molecule has 7 heteroatoms. The molecule has 0 unspecified atom stereocenters. The quantitative estimate of drug-likeness (QED) is 0.764. The summed E-state index contributed by atoms with van der Waals surface area (Å²) in [6.45, 7) is 3.82. The summed E-state index contributed by atoms with van der Waals surface area (Å²) in [5.41, 5.74) is 5.57. The second kappa shape index (κ2) is 6.88. The Balaban J connectivity index is 1.45. The van der Waals surface area contributed by atoms with E-state index < -0.39 is 0 Å². The number of hydrogen-bond donors (Lipinski definition) is 1. The van der Waals surface area contributed by atoms with Crippen molar-refractivity contribution in [1.82, 2.24) is 9.97 Å². The molecule has 0 radical (unpaired) electrons. The summed E-state index contributed by atoms with van der Waals surface area (Å²) in [7, 11) is 0. The van der Waals surface area contributed by atoms with Gasteiger partial charge >= 0.3 is 0 Å². The van der Waals surface area contributed by atoms with Gasteiger partial charge in [0.25, 0.3) is 6.01 Å². The van der Waals surface area contributed by atoms with E-state index in [2.05, 4.69) is 15.3 Å². The molecule has 126 valence electrons. The molecule has 0 amide bonds. The maximum absolute atomic E-state index is 6.04. The van der Waals surface area contributed by atoms with Gasteiger partial charge in [0.2, 0.25) is 0 Å². The second-order valence-corrected chi connectivity index (χ2v) is 6.65. The molecule has 0 saturated carbocycles. The summed E-state index contributed by atoms with van der Waals surface area (Å²) < 4.78 is 17.4. The smallest absolute Gasteiger partial charge is 0.296 e. The zero-order chi connectivity index (χ0) is 16.4. The highest BCUT2D eigenvalue weighted by molar-refractivity contribution is 7.07. The predicted octanol–water partition coefficient (Wildman–Crippen LogP) is 3.38. The maximum Gasteiger partial charge on any atom is 0.296 e. The summed E-state index contributed by atoms with van der Waals surface area (Å²) in [6.07, 6.45) is 0.874. The first-order chi connectivity index (χ1) is 11.8. The fraction of sp³-hybridized carbons (Fsp3) is 0.412. The van der Waals surface area contributed by atoms with Crippen LogP contribution < -0.4 is 5.32 Å². The molecule has 1 saturated heterocycles. The monoisotopic (exact) mass is 345 g/mol. The number of benzene rings is 1. The molecule has 1 aromatic carbocycles. The largest absolute Gasteiger partial charge is 0.424 e. The lowest BCUT2D eigenvalue weighted by Crippen LogP contribution is -2.44. The van der Waals surface area contributed by atoms with Crippen LogP contribution in [-0.4, -0.2) is 35.3 Å². The van der Waals surface area contributed by atoms with Crippen LogP contribution in [0.4, 0.5) is 6.01 Å². The minimum Gasteiger partial charge on any atom is -0.424 e. The summed E-state index contributed by atoms with van der Waals surface area (Å²) in [5.74, 6) is 0. The van der Waals surface area contributed by atoms with Crippen molar-refractivity contribution in [3.63, 3.8) is 0 Å². The summed E-state index contributed by atoms with van der Waals surface area (Å²) >= 11 is 1.58. The zero-order valence-corrected chi connectivity index (χ0v) is 14.2. The molecular weight excluding hydrogens is 326 g/mol. The highest BCUT2D eigenvalue weighted by Gasteiger charge is 2.28. The number of aryl methyl sites for hydroxylation is 1. The number of rotatable bonds is 5. The van der Waals surface area contributed by atoms with Gasteiger partial charge in [-0.3, -0.25) is 0 Å². The van der Waals surface area contributed by atoms with E-state index in [1.165, 1.54) is 0 Å². The number of oxazole rings is 1. The molecule has 1 fully saturated rings. The Morgan fingerprint density at radius 1 is 1.42 bits per heavy atom. The number of thiazole rings is 1. The van der Waals surface area contributed by atoms with E-state index in [-0.39, 0.29) is 12.1 Å². The molecule has 0 aliphatic carbocycles. The number of nitrogens with one attached hydrogen (secondary N) is 1. The van der Waals surface area contributed by atoms with Crippen molar-refractivity contribution in [2.75, 3.05) is 18.5 Å². The van der Waals surface area contributed by atoms with Gasteiger partial charge in [-0.05, 0) is 31.0 Å². The van der Waals surface area contributed by atoms with Crippen molar-refractivity contribution in [1.29, 1.82) is 0 Å². The van der Waals surface area contributed by atoms with E-state index in [1.54, 1.807) is 11.3 Å². The molecule has 0 bridgehead atoms. The molecule has 24 heavy (non-hydrogen) atoms. The molecule has 2 atom stereocenters. The van der Waals surface area contributed by atoms with E-state index in [4.69, 9.17) is 13.9 Å². The molecule has 3 heterocycles.